The Labute approximate surface area is 236 Å². The number of thiophene rings is 1. The predicted octanol–water partition coefficient (Wildman–Crippen LogP) is 4.81. The van der Waals surface area contributed by atoms with Crippen molar-refractivity contribution in [3.05, 3.63) is 64.0 Å². The molecule has 1 fully saturated rings. The fourth-order valence-corrected chi connectivity index (χ4v) is 6.40. The number of pyridine rings is 1. The van der Waals surface area contributed by atoms with Crippen LogP contribution in [0.3, 0.4) is 0 Å². The summed E-state index contributed by atoms with van der Waals surface area (Å²) in [5.41, 5.74) is 17.3. The molecule has 6 rings (SSSR count). The number of nitriles is 1. The van der Waals surface area contributed by atoms with Crippen molar-refractivity contribution in [3.63, 3.8) is 0 Å². The Morgan fingerprint density at radius 2 is 1.80 bits per heavy atom. The van der Waals surface area contributed by atoms with Crippen LogP contribution in [-0.4, -0.2) is 53.7 Å². The van der Waals surface area contributed by atoms with Crippen LogP contribution in [0.1, 0.15) is 46.1 Å². The molecule has 2 aromatic carbocycles. The number of hydrogen-bond acceptors (Lipinski definition) is 9. The van der Waals surface area contributed by atoms with Crippen LogP contribution in [0.15, 0.2) is 42.5 Å². The lowest BCUT2D eigenvalue weighted by Gasteiger charge is -2.34. The molecule has 9 nitrogen and oxygen atoms in total. The van der Waals surface area contributed by atoms with E-state index in [4.69, 9.17) is 20.9 Å². The molecule has 2 aliphatic rings. The molecule has 204 valence electrons. The molecular weight excluding hydrogens is 524 g/mol. The third-order valence-electron chi connectivity index (χ3n) is 7.58. The van der Waals surface area contributed by atoms with Crippen molar-refractivity contribution in [1.29, 1.82) is 5.26 Å². The molecule has 4 aromatic rings. The van der Waals surface area contributed by atoms with Gasteiger partial charge in [0.25, 0.3) is 5.91 Å². The maximum atomic E-state index is 13.7. The van der Waals surface area contributed by atoms with Gasteiger partial charge in [0.1, 0.15) is 27.2 Å². The first-order valence-corrected chi connectivity index (χ1v) is 14.1. The number of anilines is 2. The van der Waals surface area contributed by atoms with Crippen LogP contribution in [0.25, 0.3) is 21.3 Å². The number of amides is 1. The summed E-state index contributed by atoms with van der Waals surface area (Å²) in [5.74, 6) is 1.93. The van der Waals surface area contributed by atoms with Gasteiger partial charge in [-0.3, -0.25) is 9.69 Å². The van der Waals surface area contributed by atoms with Crippen molar-refractivity contribution in [1.82, 2.24) is 14.8 Å². The van der Waals surface area contributed by atoms with Gasteiger partial charge in [0.2, 0.25) is 6.79 Å². The average molecular weight is 555 g/mol. The average Bonchev–Trinajstić information content (AvgIpc) is 3.56. The van der Waals surface area contributed by atoms with Gasteiger partial charge in [0.05, 0.1) is 5.69 Å². The lowest BCUT2D eigenvalue weighted by Crippen LogP contribution is -2.48. The molecule has 1 amide bonds. The number of nitrogens with zero attached hydrogens (tertiary/aromatic N) is 4. The summed E-state index contributed by atoms with van der Waals surface area (Å²) in [5, 5.41) is 10.6. The van der Waals surface area contributed by atoms with Gasteiger partial charge in [-0.25, -0.2) is 4.98 Å². The highest BCUT2D eigenvalue weighted by molar-refractivity contribution is 7.21. The van der Waals surface area contributed by atoms with Crippen LogP contribution in [0.2, 0.25) is 0 Å². The molecule has 4 N–H and O–H groups in total. The van der Waals surface area contributed by atoms with Crippen molar-refractivity contribution < 1.29 is 14.3 Å². The zero-order valence-electron chi connectivity index (χ0n) is 22.4. The number of ether oxygens (including phenoxy) is 2. The van der Waals surface area contributed by atoms with E-state index in [9.17, 15) is 10.1 Å². The van der Waals surface area contributed by atoms with E-state index in [1.54, 1.807) is 0 Å². The van der Waals surface area contributed by atoms with Crippen LogP contribution in [0.4, 0.5) is 11.5 Å². The summed E-state index contributed by atoms with van der Waals surface area (Å²) in [7, 11) is 0. The Bertz CT molecular complexity index is 1650. The minimum Gasteiger partial charge on any atom is -0.454 e. The third kappa shape index (κ3) is 4.57. The van der Waals surface area contributed by atoms with E-state index in [2.05, 4.69) is 29.8 Å². The molecule has 0 radical (unpaired) electrons. The second-order valence-electron chi connectivity index (χ2n) is 10.4. The van der Waals surface area contributed by atoms with Gasteiger partial charge in [0.15, 0.2) is 11.5 Å². The first kappa shape index (κ1) is 25.9. The number of benzene rings is 2. The third-order valence-corrected chi connectivity index (χ3v) is 8.67. The molecule has 10 heteroatoms. The Morgan fingerprint density at radius 3 is 2.50 bits per heavy atom. The van der Waals surface area contributed by atoms with Gasteiger partial charge in [-0.05, 0) is 34.7 Å². The molecular formula is C30H30N6O3S. The van der Waals surface area contributed by atoms with Crippen LogP contribution < -0.4 is 20.9 Å². The molecule has 2 aromatic heterocycles. The fraction of sp³-hybridized carbons (Fsp3) is 0.300. The van der Waals surface area contributed by atoms with Gasteiger partial charge >= 0.3 is 0 Å². The predicted molar refractivity (Wildman–Crippen MR) is 156 cm³/mol. The molecule has 4 heterocycles. The second kappa shape index (κ2) is 10.3. The number of aromatic nitrogens is 1. The summed E-state index contributed by atoms with van der Waals surface area (Å²) in [4.78, 5) is 23.3. The van der Waals surface area contributed by atoms with Crippen molar-refractivity contribution in [3.8, 4) is 28.7 Å². The van der Waals surface area contributed by atoms with E-state index >= 15 is 0 Å². The first-order chi connectivity index (χ1) is 19.3. The van der Waals surface area contributed by atoms with Crippen molar-refractivity contribution in [2.24, 2.45) is 0 Å². The molecule has 0 spiro atoms. The quantitative estimate of drug-likeness (QED) is 0.359. The Morgan fingerprint density at radius 1 is 1.07 bits per heavy atom. The number of nitrogen functional groups attached to an aromatic ring is 2. The van der Waals surface area contributed by atoms with E-state index in [0.717, 1.165) is 42.3 Å². The minimum atomic E-state index is -0.124. The number of rotatable bonds is 5. The molecule has 1 saturated heterocycles. The molecule has 40 heavy (non-hydrogen) atoms. The van der Waals surface area contributed by atoms with E-state index in [1.165, 1.54) is 16.9 Å². The lowest BCUT2D eigenvalue weighted by molar-refractivity contribution is 0.0634. The number of nitrogens with two attached hydrogens (primary N) is 2. The fourth-order valence-electron chi connectivity index (χ4n) is 5.32. The van der Waals surface area contributed by atoms with Gasteiger partial charge in [-0.1, -0.05) is 44.2 Å². The van der Waals surface area contributed by atoms with E-state index in [-0.39, 0.29) is 24.1 Å². The highest BCUT2D eigenvalue weighted by Gasteiger charge is 2.29. The monoisotopic (exact) mass is 554 g/mol. The van der Waals surface area contributed by atoms with Gasteiger partial charge in [-0.15, -0.1) is 11.3 Å². The summed E-state index contributed by atoms with van der Waals surface area (Å²) >= 11 is 1.23. The smallest absolute Gasteiger partial charge is 0.266 e. The van der Waals surface area contributed by atoms with Crippen molar-refractivity contribution >= 4 is 39.0 Å². The Balaban J connectivity index is 1.25. The summed E-state index contributed by atoms with van der Waals surface area (Å²) in [6, 6.07) is 16.2. The van der Waals surface area contributed by atoms with Crippen molar-refractivity contribution in [2.45, 2.75) is 26.3 Å². The molecule has 0 atom stereocenters. The molecule has 0 saturated carbocycles. The maximum Gasteiger partial charge on any atom is 0.266 e. The van der Waals surface area contributed by atoms with E-state index in [0.29, 0.717) is 45.4 Å². The SMILES string of the molecule is CC(C)c1ccc(-c2c(C#N)c(N)nc3sc(C(=O)N4CCN(Cc5ccc6c(c5)OCO6)CC4)c(N)c23)cc1. The van der Waals surface area contributed by atoms with Crippen LogP contribution >= 0.6 is 11.3 Å². The number of hydrogen-bond donors (Lipinski definition) is 2. The summed E-state index contributed by atoms with van der Waals surface area (Å²) in [6.07, 6.45) is 0. The molecule has 0 bridgehead atoms. The number of fused-ring (bicyclic) bond motifs is 2. The number of carbonyl (C=O) groups is 1. The van der Waals surface area contributed by atoms with Crippen LogP contribution in [0, 0.1) is 11.3 Å². The van der Waals surface area contributed by atoms with Gasteiger partial charge in [-0.2, -0.15) is 5.26 Å². The largest absolute Gasteiger partial charge is 0.454 e. The molecule has 2 aliphatic heterocycles. The normalized spacial score (nSPS) is 15.1. The molecule has 0 aliphatic carbocycles. The standard InChI is InChI=1S/C30H30N6O3S/c1-17(2)19-4-6-20(7-5-19)24-21(14-31)28(33)34-29-25(24)26(32)27(40-29)30(37)36-11-9-35(10-12-36)15-18-3-8-22-23(13-18)39-16-38-22/h3-8,13,17H,9-12,15-16,32H2,1-2H3,(H2,33,34). The van der Waals surface area contributed by atoms with Crippen LogP contribution in [0.5, 0.6) is 11.5 Å². The highest BCUT2D eigenvalue weighted by atomic mass is 32.1. The second-order valence-corrected chi connectivity index (χ2v) is 11.4. The molecule has 0 unspecified atom stereocenters. The van der Waals surface area contributed by atoms with E-state index in [1.807, 2.05) is 47.4 Å². The number of carbonyl (C=O) groups excluding carboxylic acids is 1. The van der Waals surface area contributed by atoms with E-state index < -0.39 is 0 Å². The Kier molecular flexibility index (Phi) is 6.70. The van der Waals surface area contributed by atoms with Gasteiger partial charge in [0, 0.05) is 43.7 Å². The summed E-state index contributed by atoms with van der Waals surface area (Å²) in [6.45, 7) is 7.92. The lowest BCUT2D eigenvalue weighted by atomic mass is 9.94. The number of piperazine rings is 1. The van der Waals surface area contributed by atoms with Gasteiger partial charge < -0.3 is 25.8 Å². The Hall–Kier alpha value is -4.33. The first-order valence-electron chi connectivity index (χ1n) is 13.3. The summed E-state index contributed by atoms with van der Waals surface area (Å²) < 4.78 is 10.9. The van der Waals surface area contributed by atoms with Crippen LogP contribution in [-0.2, 0) is 6.54 Å². The minimum absolute atomic E-state index is 0.124. The zero-order valence-corrected chi connectivity index (χ0v) is 23.3. The maximum absolute atomic E-state index is 13.7. The van der Waals surface area contributed by atoms with Crippen molar-refractivity contribution in [2.75, 3.05) is 44.4 Å². The highest BCUT2D eigenvalue weighted by Crippen LogP contribution is 2.43. The topological polar surface area (TPSA) is 131 Å². The zero-order chi connectivity index (χ0) is 28.0.